The van der Waals surface area contributed by atoms with Crippen LogP contribution >= 0.6 is 15.9 Å². The lowest BCUT2D eigenvalue weighted by Gasteiger charge is -2.51. The zero-order valence-corrected chi connectivity index (χ0v) is 17.8. The van der Waals surface area contributed by atoms with Crippen molar-refractivity contribution < 1.29 is 0 Å². The van der Waals surface area contributed by atoms with Crippen molar-refractivity contribution in [3.63, 3.8) is 0 Å². The fourth-order valence-electron chi connectivity index (χ4n) is 2.51. The topological polar surface area (TPSA) is 3.24 Å². The Morgan fingerprint density at radius 1 is 1.06 bits per heavy atom. The first-order valence-electron chi connectivity index (χ1n) is 7.09. The van der Waals surface area contributed by atoms with Gasteiger partial charge in [-0.3, -0.25) is 0 Å². The van der Waals surface area contributed by atoms with Crippen LogP contribution in [0.25, 0.3) is 0 Å². The second-order valence-electron chi connectivity index (χ2n) is 7.96. The number of hydrogen-bond acceptors (Lipinski definition) is 1. The molecule has 0 saturated heterocycles. The SMILES string of the molecule is CC(CBr)N(C)[Si](C)(C)C(C)[Si](C)(C)C(C)(C)C. The fraction of sp³-hybridized carbons (Fsp3) is 1.00. The Morgan fingerprint density at radius 2 is 1.44 bits per heavy atom. The summed E-state index contributed by atoms with van der Waals surface area (Å²) < 4.78 is 2.69. The Kier molecular flexibility index (Phi) is 6.40. The Balaban J connectivity index is 5.24. The van der Waals surface area contributed by atoms with Crippen LogP contribution in [0.15, 0.2) is 0 Å². The molecule has 0 radical (unpaired) electrons. The predicted octanol–water partition coefficient (Wildman–Crippen LogP) is 5.34. The molecule has 0 saturated carbocycles. The number of hydrogen-bond donors (Lipinski definition) is 0. The van der Waals surface area contributed by atoms with E-state index in [1.807, 2.05) is 0 Å². The molecule has 4 heteroatoms. The Bertz CT molecular complexity index is 271. The summed E-state index contributed by atoms with van der Waals surface area (Å²) in [4.78, 5) is 0. The van der Waals surface area contributed by atoms with E-state index in [1.165, 1.54) is 0 Å². The molecule has 0 fully saturated rings. The van der Waals surface area contributed by atoms with Crippen LogP contribution in [0, 0.1) is 0 Å². The lowest BCUT2D eigenvalue weighted by molar-refractivity contribution is 0.422. The van der Waals surface area contributed by atoms with Gasteiger partial charge in [0, 0.05) is 11.4 Å². The Labute approximate surface area is 126 Å². The van der Waals surface area contributed by atoms with E-state index in [-0.39, 0.29) is 0 Å². The quantitative estimate of drug-likeness (QED) is 0.476. The van der Waals surface area contributed by atoms with E-state index < -0.39 is 16.3 Å². The van der Waals surface area contributed by atoms with Gasteiger partial charge in [0.1, 0.15) is 8.24 Å². The lowest BCUT2D eigenvalue weighted by atomic mass is 10.2. The van der Waals surface area contributed by atoms with E-state index in [9.17, 15) is 0 Å². The molecule has 0 rings (SSSR count). The summed E-state index contributed by atoms with van der Waals surface area (Å²) in [5.74, 6) is 0. The minimum absolute atomic E-state index is 0.481. The van der Waals surface area contributed by atoms with Crippen molar-refractivity contribution in [2.24, 2.45) is 0 Å². The van der Waals surface area contributed by atoms with Gasteiger partial charge in [0.15, 0.2) is 0 Å². The number of halogens is 1. The molecule has 0 bridgehead atoms. The maximum Gasteiger partial charge on any atom is 0.122 e. The van der Waals surface area contributed by atoms with E-state index >= 15 is 0 Å². The van der Waals surface area contributed by atoms with Gasteiger partial charge in [0.25, 0.3) is 0 Å². The summed E-state index contributed by atoms with van der Waals surface area (Å²) in [5, 5.41) is 2.44. The second kappa shape index (κ2) is 6.10. The standard InChI is InChI=1S/C14H34BrNSi2/c1-12(11-15)16(6)18(9,10)13(2)17(7,8)14(3,4)5/h12-13H,11H2,1-10H3. The van der Waals surface area contributed by atoms with Gasteiger partial charge in [-0.1, -0.05) is 69.8 Å². The van der Waals surface area contributed by atoms with Crippen molar-refractivity contribution >= 4 is 32.2 Å². The third-order valence-corrected chi connectivity index (χ3v) is 21.5. The van der Waals surface area contributed by atoms with Gasteiger partial charge in [-0.05, 0) is 24.2 Å². The maximum absolute atomic E-state index is 3.64. The van der Waals surface area contributed by atoms with Gasteiger partial charge < -0.3 is 4.57 Å². The molecule has 2 unspecified atom stereocenters. The van der Waals surface area contributed by atoms with E-state index in [0.717, 1.165) is 10.5 Å². The Hall–Kier alpha value is 0.874. The first-order chi connectivity index (χ1) is 7.80. The van der Waals surface area contributed by atoms with Crippen molar-refractivity contribution in [2.45, 2.75) is 77.1 Å². The molecular formula is C14H34BrNSi2. The van der Waals surface area contributed by atoms with Crippen molar-refractivity contribution in [1.82, 2.24) is 4.57 Å². The smallest absolute Gasteiger partial charge is 0.122 e. The van der Waals surface area contributed by atoms with E-state index in [0.29, 0.717) is 11.1 Å². The highest BCUT2D eigenvalue weighted by Gasteiger charge is 2.49. The molecule has 1 nitrogen and oxygen atoms in total. The van der Waals surface area contributed by atoms with E-state index in [4.69, 9.17) is 0 Å². The van der Waals surface area contributed by atoms with Crippen molar-refractivity contribution in [3.8, 4) is 0 Å². The second-order valence-corrected chi connectivity index (χ2v) is 19.9. The lowest BCUT2D eigenvalue weighted by Crippen LogP contribution is -2.61. The molecule has 0 spiro atoms. The zero-order valence-electron chi connectivity index (χ0n) is 14.2. The highest BCUT2D eigenvalue weighted by molar-refractivity contribution is 9.09. The molecule has 0 amide bonds. The first-order valence-corrected chi connectivity index (χ1v) is 14.3. The van der Waals surface area contributed by atoms with Crippen LogP contribution in [0.4, 0.5) is 0 Å². The van der Waals surface area contributed by atoms with Crippen LogP contribution in [-0.4, -0.2) is 39.3 Å². The highest BCUT2D eigenvalue weighted by atomic mass is 79.9. The third kappa shape index (κ3) is 3.71. The summed E-state index contributed by atoms with van der Waals surface area (Å²) in [6, 6.07) is 0.638. The predicted molar refractivity (Wildman–Crippen MR) is 95.1 cm³/mol. The minimum atomic E-state index is -1.37. The molecule has 0 aliphatic rings. The monoisotopic (exact) mass is 351 g/mol. The third-order valence-electron chi connectivity index (χ3n) is 5.87. The number of nitrogens with zero attached hydrogens (tertiary/aromatic N) is 1. The van der Waals surface area contributed by atoms with Crippen LogP contribution in [-0.2, 0) is 0 Å². The molecule has 0 aliphatic heterocycles. The number of rotatable bonds is 5. The van der Waals surface area contributed by atoms with Gasteiger partial charge in [0.2, 0.25) is 0 Å². The van der Waals surface area contributed by atoms with Crippen molar-refractivity contribution in [1.29, 1.82) is 0 Å². The van der Waals surface area contributed by atoms with Crippen molar-refractivity contribution in [2.75, 3.05) is 12.4 Å². The van der Waals surface area contributed by atoms with Gasteiger partial charge in [-0.15, -0.1) is 0 Å². The first kappa shape index (κ1) is 18.9. The van der Waals surface area contributed by atoms with Gasteiger partial charge in [-0.25, -0.2) is 0 Å². The molecule has 0 aromatic heterocycles. The number of alkyl halides is 1. The molecular weight excluding hydrogens is 318 g/mol. The average Bonchev–Trinajstić information content (AvgIpc) is 2.24. The minimum Gasteiger partial charge on any atom is -0.323 e. The molecule has 0 aromatic carbocycles. The molecule has 110 valence electrons. The summed E-state index contributed by atoms with van der Waals surface area (Å²) >= 11 is 3.64. The maximum atomic E-state index is 3.64. The normalized spacial score (nSPS) is 18.0. The summed E-state index contributed by atoms with van der Waals surface area (Å²) in [6.07, 6.45) is 0. The van der Waals surface area contributed by atoms with Gasteiger partial charge >= 0.3 is 0 Å². The molecule has 0 N–H and O–H groups in total. The van der Waals surface area contributed by atoms with E-state index in [1.54, 1.807) is 0 Å². The largest absolute Gasteiger partial charge is 0.323 e. The van der Waals surface area contributed by atoms with Crippen LogP contribution in [0.5, 0.6) is 0 Å². The van der Waals surface area contributed by atoms with Crippen LogP contribution < -0.4 is 0 Å². The highest BCUT2D eigenvalue weighted by Crippen LogP contribution is 2.47. The molecule has 0 aliphatic carbocycles. The average molecular weight is 353 g/mol. The van der Waals surface area contributed by atoms with Gasteiger partial charge in [-0.2, -0.15) is 0 Å². The fourth-order valence-corrected chi connectivity index (χ4v) is 15.3. The molecule has 2 atom stereocenters. The Morgan fingerprint density at radius 3 is 1.72 bits per heavy atom. The summed E-state index contributed by atoms with van der Waals surface area (Å²) in [5.41, 5.74) is 0. The summed E-state index contributed by atoms with van der Waals surface area (Å²) in [7, 11) is -0.300. The van der Waals surface area contributed by atoms with Crippen LogP contribution in [0.2, 0.25) is 36.4 Å². The summed E-state index contributed by atoms with van der Waals surface area (Å²) in [6.45, 7) is 22.5. The molecule has 0 aromatic rings. The molecule has 18 heavy (non-hydrogen) atoms. The molecule has 0 heterocycles. The van der Waals surface area contributed by atoms with Crippen LogP contribution in [0.1, 0.15) is 34.6 Å². The van der Waals surface area contributed by atoms with Crippen LogP contribution in [0.3, 0.4) is 0 Å². The van der Waals surface area contributed by atoms with Gasteiger partial charge in [0.05, 0.1) is 8.07 Å². The zero-order chi connectivity index (χ0) is 14.9. The van der Waals surface area contributed by atoms with Crippen molar-refractivity contribution in [3.05, 3.63) is 0 Å². The van der Waals surface area contributed by atoms with E-state index in [2.05, 4.69) is 88.3 Å².